The van der Waals surface area contributed by atoms with Crippen molar-refractivity contribution in [3.63, 3.8) is 0 Å². The van der Waals surface area contributed by atoms with Gasteiger partial charge in [-0.25, -0.2) is 4.39 Å². The van der Waals surface area contributed by atoms with Crippen LogP contribution >= 0.6 is 0 Å². The van der Waals surface area contributed by atoms with E-state index in [4.69, 9.17) is 14.4 Å². The molecule has 0 saturated heterocycles. The SMILES string of the molecule is C[C@H](NC(=O)c1ccc2c(c1)B(O)OC2)[C@H](NC(=O)c1cc(F)c2c(c1)B(O)OC2)C(=O)NCCC(=O)O. The quantitative estimate of drug-likeness (QED) is 0.197. The van der Waals surface area contributed by atoms with Gasteiger partial charge in [-0.15, -0.1) is 0 Å². The first kappa shape index (κ1) is 27.3. The van der Waals surface area contributed by atoms with Gasteiger partial charge in [0.15, 0.2) is 0 Å². The molecule has 0 bridgehead atoms. The number of aliphatic carboxylic acids is 1. The van der Waals surface area contributed by atoms with Gasteiger partial charge in [0.25, 0.3) is 11.8 Å². The lowest BCUT2D eigenvalue weighted by Gasteiger charge is -2.25. The first-order valence-electron chi connectivity index (χ1n) is 11.7. The largest absolute Gasteiger partial charge is 0.491 e. The summed E-state index contributed by atoms with van der Waals surface area (Å²) in [5.74, 6) is -4.18. The number of amides is 3. The molecule has 0 spiro atoms. The van der Waals surface area contributed by atoms with Crippen LogP contribution in [0.1, 0.15) is 45.2 Å². The van der Waals surface area contributed by atoms with Crippen LogP contribution in [0.4, 0.5) is 4.39 Å². The number of carboxylic acids is 1. The molecular weight excluding hydrogens is 503 g/mol. The van der Waals surface area contributed by atoms with Crippen LogP contribution in [0, 0.1) is 5.82 Å². The summed E-state index contributed by atoms with van der Waals surface area (Å²) in [5, 5.41) is 36.1. The molecule has 2 aliphatic rings. The summed E-state index contributed by atoms with van der Waals surface area (Å²) in [4.78, 5) is 49.6. The van der Waals surface area contributed by atoms with Crippen molar-refractivity contribution in [2.24, 2.45) is 0 Å². The predicted molar refractivity (Wildman–Crippen MR) is 131 cm³/mol. The molecule has 0 radical (unpaired) electrons. The standard InChI is InChI=1S/C23H24B2FN3O9/c1-11(28-21(32)12-2-3-13-9-37-24(35)16(13)6-12)20(23(34)27-5-4-19(30)31)29-22(33)14-7-17-15(18(26)8-14)10-38-25(17)36/h2-3,6-8,11,20,35-36H,4-5,9-10H2,1H3,(H,27,34)(H,28,32)(H,29,33)(H,30,31)/t11-,20-/m0/s1. The lowest BCUT2D eigenvalue weighted by Crippen LogP contribution is -2.57. The zero-order chi connectivity index (χ0) is 27.6. The summed E-state index contributed by atoms with van der Waals surface area (Å²) >= 11 is 0. The van der Waals surface area contributed by atoms with Crippen molar-refractivity contribution < 1.29 is 48.0 Å². The zero-order valence-electron chi connectivity index (χ0n) is 20.2. The highest BCUT2D eigenvalue weighted by molar-refractivity contribution is 6.62. The van der Waals surface area contributed by atoms with Gasteiger partial charge in [0, 0.05) is 23.2 Å². The van der Waals surface area contributed by atoms with Crippen LogP contribution in [0.3, 0.4) is 0 Å². The molecule has 198 valence electrons. The third-order valence-electron chi connectivity index (χ3n) is 6.28. The minimum atomic E-state index is -1.41. The van der Waals surface area contributed by atoms with Crippen LogP contribution in [0.15, 0.2) is 30.3 Å². The molecule has 2 atom stereocenters. The van der Waals surface area contributed by atoms with E-state index in [1.807, 2.05) is 0 Å². The topological polar surface area (TPSA) is 184 Å². The molecule has 15 heteroatoms. The van der Waals surface area contributed by atoms with E-state index in [0.717, 1.165) is 11.6 Å². The molecule has 12 nitrogen and oxygen atoms in total. The van der Waals surface area contributed by atoms with E-state index in [1.54, 1.807) is 6.07 Å². The van der Waals surface area contributed by atoms with Crippen molar-refractivity contribution in [3.05, 3.63) is 58.4 Å². The maximum absolute atomic E-state index is 14.5. The number of benzene rings is 2. The van der Waals surface area contributed by atoms with E-state index in [0.29, 0.717) is 5.46 Å². The second kappa shape index (κ2) is 11.3. The number of rotatable bonds is 9. The second-order valence-corrected chi connectivity index (χ2v) is 8.91. The van der Waals surface area contributed by atoms with Gasteiger partial charge in [-0.05, 0) is 47.7 Å². The van der Waals surface area contributed by atoms with Gasteiger partial charge >= 0.3 is 20.2 Å². The predicted octanol–water partition coefficient (Wildman–Crippen LogP) is -2.23. The van der Waals surface area contributed by atoms with E-state index in [9.17, 15) is 33.6 Å². The van der Waals surface area contributed by atoms with Gasteiger partial charge in [0.2, 0.25) is 5.91 Å². The lowest BCUT2D eigenvalue weighted by atomic mass is 9.78. The Hall–Kier alpha value is -3.78. The number of halogens is 1. The highest BCUT2D eigenvalue weighted by atomic mass is 19.1. The Kier molecular flexibility index (Phi) is 8.11. The third kappa shape index (κ3) is 5.86. The molecule has 0 unspecified atom stereocenters. The van der Waals surface area contributed by atoms with Crippen molar-refractivity contribution in [3.8, 4) is 0 Å². The number of hydrogen-bond acceptors (Lipinski definition) is 8. The Morgan fingerprint density at radius 1 is 0.974 bits per heavy atom. The van der Waals surface area contributed by atoms with Crippen LogP contribution in [-0.4, -0.2) is 71.7 Å². The maximum Gasteiger partial charge on any atom is 0.491 e. The average Bonchev–Trinajstić information content (AvgIpc) is 3.44. The van der Waals surface area contributed by atoms with Gasteiger partial charge in [-0.2, -0.15) is 0 Å². The van der Waals surface area contributed by atoms with Gasteiger partial charge in [0.05, 0.1) is 25.7 Å². The molecule has 2 aromatic rings. The summed E-state index contributed by atoms with van der Waals surface area (Å²) < 4.78 is 24.6. The Balaban J connectivity index is 1.52. The Bertz CT molecular complexity index is 1300. The Labute approximate surface area is 216 Å². The highest BCUT2D eigenvalue weighted by Crippen LogP contribution is 2.17. The van der Waals surface area contributed by atoms with Crippen molar-refractivity contribution in [1.29, 1.82) is 0 Å². The highest BCUT2D eigenvalue weighted by Gasteiger charge is 2.34. The molecule has 2 aliphatic heterocycles. The van der Waals surface area contributed by atoms with Crippen LogP contribution in [0.2, 0.25) is 0 Å². The first-order valence-corrected chi connectivity index (χ1v) is 11.7. The van der Waals surface area contributed by atoms with E-state index < -0.39 is 55.8 Å². The molecule has 38 heavy (non-hydrogen) atoms. The van der Waals surface area contributed by atoms with Crippen LogP contribution in [0.25, 0.3) is 0 Å². The fourth-order valence-corrected chi connectivity index (χ4v) is 4.19. The molecule has 0 aliphatic carbocycles. The summed E-state index contributed by atoms with van der Waals surface area (Å²) in [6.07, 6.45) is -0.374. The average molecular weight is 527 g/mol. The molecule has 0 aromatic heterocycles. The number of hydrogen-bond donors (Lipinski definition) is 6. The van der Waals surface area contributed by atoms with Crippen molar-refractivity contribution in [2.45, 2.75) is 38.6 Å². The zero-order valence-corrected chi connectivity index (χ0v) is 20.2. The summed E-state index contributed by atoms with van der Waals surface area (Å²) in [6, 6.07) is 4.38. The molecular formula is C23H24B2FN3O9. The van der Waals surface area contributed by atoms with Gasteiger partial charge in [0.1, 0.15) is 11.9 Å². The first-order chi connectivity index (χ1) is 18.0. The van der Waals surface area contributed by atoms with Crippen molar-refractivity contribution in [2.75, 3.05) is 6.54 Å². The van der Waals surface area contributed by atoms with E-state index >= 15 is 0 Å². The van der Waals surface area contributed by atoms with Gasteiger partial charge in [-0.3, -0.25) is 19.2 Å². The molecule has 6 N–H and O–H groups in total. The lowest BCUT2D eigenvalue weighted by molar-refractivity contribution is -0.137. The molecule has 2 heterocycles. The summed E-state index contributed by atoms with van der Waals surface area (Å²) in [5.41, 5.74) is 1.34. The second-order valence-electron chi connectivity index (χ2n) is 8.91. The smallest absolute Gasteiger partial charge is 0.481 e. The number of carbonyl (C=O) groups excluding carboxylic acids is 3. The molecule has 0 saturated carbocycles. The van der Waals surface area contributed by atoms with Crippen molar-refractivity contribution >= 4 is 48.9 Å². The van der Waals surface area contributed by atoms with Crippen LogP contribution in [-0.2, 0) is 32.1 Å². The van der Waals surface area contributed by atoms with Crippen LogP contribution < -0.4 is 26.9 Å². The minimum absolute atomic E-state index is 0.0849. The van der Waals surface area contributed by atoms with E-state index in [1.165, 1.54) is 25.1 Å². The molecule has 3 amide bonds. The van der Waals surface area contributed by atoms with Gasteiger partial charge in [-0.1, -0.05) is 6.07 Å². The number of carbonyl (C=O) groups is 4. The van der Waals surface area contributed by atoms with Crippen molar-refractivity contribution in [1.82, 2.24) is 16.0 Å². The van der Waals surface area contributed by atoms with E-state index in [2.05, 4.69) is 16.0 Å². The van der Waals surface area contributed by atoms with Crippen LogP contribution in [0.5, 0.6) is 0 Å². The maximum atomic E-state index is 14.5. The molecule has 2 aromatic carbocycles. The molecule has 4 rings (SSSR count). The summed E-state index contributed by atoms with van der Waals surface area (Å²) in [7, 11) is -2.57. The molecule has 0 fully saturated rings. The number of nitrogens with one attached hydrogen (secondary N) is 3. The Morgan fingerprint density at radius 2 is 1.63 bits per heavy atom. The Morgan fingerprint density at radius 3 is 2.37 bits per heavy atom. The van der Waals surface area contributed by atoms with E-state index in [-0.39, 0.29) is 48.3 Å². The minimum Gasteiger partial charge on any atom is -0.481 e. The number of fused-ring (bicyclic) bond motifs is 2. The normalized spacial score (nSPS) is 15.4. The number of carboxylic acid groups (broad SMARTS) is 1. The fraction of sp³-hybridized carbons (Fsp3) is 0.304. The summed E-state index contributed by atoms with van der Waals surface area (Å²) in [6.45, 7) is 1.26. The third-order valence-corrected chi connectivity index (χ3v) is 6.28. The fourth-order valence-electron chi connectivity index (χ4n) is 4.19. The monoisotopic (exact) mass is 527 g/mol. The van der Waals surface area contributed by atoms with Gasteiger partial charge < -0.3 is 40.4 Å².